The minimum atomic E-state index is 0.269. The SMILES string of the molecule is CCNC(=NCc1cc(OC)ccc1O)N1CC2CCCCC2C1. The van der Waals surface area contributed by atoms with Crippen LogP contribution in [0, 0.1) is 11.8 Å². The molecule has 0 aromatic heterocycles. The number of guanidine groups is 1. The van der Waals surface area contributed by atoms with Gasteiger partial charge in [-0.05, 0) is 49.8 Å². The fraction of sp³-hybridized carbons (Fsp3) is 0.632. The van der Waals surface area contributed by atoms with Gasteiger partial charge in [-0.2, -0.15) is 0 Å². The van der Waals surface area contributed by atoms with Crippen molar-refractivity contribution in [3.05, 3.63) is 23.8 Å². The summed E-state index contributed by atoms with van der Waals surface area (Å²) in [5, 5.41) is 13.5. The predicted octanol–water partition coefficient (Wildman–Crippen LogP) is 2.99. The van der Waals surface area contributed by atoms with E-state index in [1.165, 1.54) is 25.7 Å². The van der Waals surface area contributed by atoms with Crippen molar-refractivity contribution in [2.24, 2.45) is 16.8 Å². The van der Waals surface area contributed by atoms with Crippen LogP contribution in [0.25, 0.3) is 0 Å². The molecule has 132 valence electrons. The van der Waals surface area contributed by atoms with E-state index in [1.54, 1.807) is 19.2 Å². The smallest absolute Gasteiger partial charge is 0.194 e. The van der Waals surface area contributed by atoms with Crippen molar-refractivity contribution in [3.8, 4) is 11.5 Å². The second kappa shape index (κ2) is 7.77. The van der Waals surface area contributed by atoms with Crippen LogP contribution < -0.4 is 10.1 Å². The number of aromatic hydroxyl groups is 1. The second-order valence-corrected chi connectivity index (χ2v) is 6.87. The molecule has 2 atom stereocenters. The van der Waals surface area contributed by atoms with E-state index in [0.29, 0.717) is 6.54 Å². The zero-order chi connectivity index (χ0) is 16.9. The minimum absolute atomic E-state index is 0.269. The lowest BCUT2D eigenvalue weighted by Gasteiger charge is -2.22. The van der Waals surface area contributed by atoms with Crippen molar-refractivity contribution in [2.45, 2.75) is 39.2 Å². The zero-order valence-electron chi connectivity index (χ0n) is 14.8. The summed E-state index contributed by atoms with van der Waals surface area (Å²) in [6, 6.07) is 5.28. The topological polar surface area (TPSA) is 57.1 Å². The van der Waals surface area contributed by atoms with Gasteiger partial charge in [0.15, 0.2) is 5.96 Å². The summed E-state index contributed by atoms with van der Waals surface area (Å²) in [6.07, 6.45) is 5.47. The molecule has 0 radical (unpaired) electrons. The summed E-state index contributed by atoms with van der Waals surface area (Å²) in [5.41, 5.74) is 0.793. The Morgan fingerprint density at radius 1 is 1.29 bits per heavy atom. The van der Waals surface area contributed by atoms with Crippen LogP contribution in [0.3, 0.4) is 0 Å². The number of likely N-dealkylation sites (tertiary alicyclic amines) is 1. The summed E-state index contributed by atoms with van der Waals surface area (Å²) < 4.78 is 5.24. The number of nitrogens with zero attached hydrogens (tertiary/aromatic N) is 2. The van der Waals surface area contributed by atoms with Crippen molar-refractivity contribution < 1.29 is 9.84 Å². The maximum Gasteiger partial charge on any atom is 0.194 e. The van der Waals surface area contributed by atoms with E-state index in [4.69, 9.17) is 9.73 Å². The van der Waals surface area contributed by atoms with E-state index in [2.05, 4.69) is 17.1 Å². The van der Waals surface area contributed by atoms with Gasteiger partial charge < -0.3 is 20.1 Å². The molecule has 0 spiro atoms. The molecule has 1 saturated carbocycles. The van der Waals surface area contributed by atoms with Gasteiger partial charge in [0.2, 0.25) is 0 Å². The quantitative estimate of drug-likeness (QED) is 0.658. The molecule has 2 fully saturated rings. The van der Waals surface area contributed by atoms with Crippen molar-refractivity contribution >= 4 is 5.96 Å². The molecule has 0 amide bonds. The molecule has 1 aliphatic heterocycles. The molecule has 1 saturated heterocycles. The van der Waals surface area contributed by atoms with Crippen LogP contribution in [0.5, 0.6) is 11.5 Å². The van der Waals surface area contributed by atoms with E-state index < -0.39 is 0 Å². The van der Waals surface area contributed by atoms with Crippen molar-refractivity contribution in [1.82, 2.24) is 10.2 Å². The summed E-state index contributed by atoms with van der Waals surface area (Å²) >= 11 is 0. The normalized spacial score (nSPS) is 23.9. The number of hydrogen-bond donors (Lipinski definition) is 2. The fourth-order valence-corrected chi connectivity index (χ4v) is 3.98. The van der Waals surface area contributed by atoms with Crippen LogP contribution in [0.1, 0.15) is 38.2 Å². The number of benzene rings is 1. The maximum absolute atomic E-state index is 10.0. The average molecular weight is 331 g/mol. The average Bonchev–Trinajstić information content (AvgIpc) is 3.03. The Morgan fingerprint density at radius 3 is 2.62 bits per heavy atom. The number of phenolic OH excluding ortho intramolecular Hbond substituents is 1. The highest BCUT2D eigenvalue weighted by Crippen LogP contribution is 2.36. The third-order valence-corrected chi connectivity index (χ3v) is 5.30. The molecule has 1 aliphatic carbocycles. The number of hydrogen-bond acceptors (Lipinski definition) is 3. The van der Waals surface area contributed by atoms with Crippen molar-refractivity contribution in [2.75, 3.05) is 26.7 Å². The third-order valence-electron chi connectivity index (χ3n) is 5.30. The van der Waals surface area contributed by atoms with Gasteiger partial charge in [-0.15, -0.1) is 0 Å². The monoisotopic (exact) mass is 331 g/mol. The first-order chi connectivity index (χ1) is 11.7. The highest BCUT2D eigenvalue weighted by molar-refractivity contribution is 5.80. The Balaban J connectivity index is 1.72. The van der Waals surface area contributed by atoms with E-state index in [-0.39, 0.29) is 5.75 Å². The molecule has 1 heterocycles. The molecule has 3 rings (SSSR count). The molecular formula is C19H29N3O2. The van der Waals surface area contributed by atoms with E-state index in [0.717, 1.165) is 48.7 Å². The van der Waals surface area contributed by atoms with Crippen LogP contribution in [-0.2, 0) is 6.54 Å². The highest BCUT2D eigenvalue weighted by atomic mass is 16.5. The number of aliphatic imine (C=N–C) groups is 1. The van der Waals surface area contributed by atoms with Crippen LogP contribution in [0.2, 0.25) is 0 Å². The first-order valence-corrected chi connectivity index (χ1v) is 9.10. The lowest BCUT2D eigenvalue weighted by molar-refractivity contribution is 0.299. The van der Waals surface area contributed by atoms with E-state index in [9.17, 15) is 5.11 Å². The van der Waals surface area contributed by atoms with Gasteiger partial charge in [0.25, 0.3) is 0 Å². The molecule has 2 unspecified atom stereocenters. The number of fused-ring (bicyclic) bond motifs is 1. The van der Waals surface area contributed by atoms with Crippen molar-refractivity contribution in [3.63, 3.8) is 0 Å². The Bertz CT molecular complexity index is 574. The minimum Gasteiger partial charge on any atom is -0.508 e. The number of phenols is 1. The summed E-state index contributed by atoms with van der Waals surface area (Å²) in [4.78, 5) is 7.18. The Morgan fingerprint density at radius 2 is 2.00 bits per heavy atom. The van der Waals surface area contributed by atoms with Crippen LogP contribution in [0.4, 0.5) is 0 Å². The van der Waals surface area contributed by atoms with E-state index >= 15 is 0 Å². The van der Waals surface area contributed by atoms with Crippen LogP contribution in [-0.4, -0.2) is 42.7 Å². The molecular weight excluding hydrogens is 302 g/mol. The standard InChI is InChI=1S/C19H29N3O2/c1-3-20-19(22-12-14-6-4-5-7-15(14)13-22)21-11-16-10-17(24-2)8-9-18(16)23/h8-10,14-15,23H,3-7,11-13H2,1-2H3,(H,20,21). The van der Waals surface area contributed by atoms with Gasteiger partial charge in [0.1, 0.15) is 11.5 Å². The van der Waals surface area contributed by atoms with Gasteiger partial charge >= 0.3 is 0 Å². The molecule has 1 aromatic rings. The van der Waals surface area contributed by atoms with Crippen LogP contribution >= 0.6 is 0 Å². The van der Waals surface area contributed by atoms with Gasteiger partial charge in [-0.1, -0.05) is 12.8 Å². The Kier molecular flexibility index (Phi) is 5.48. The maximum atomic E-state index is 10.0. The fourth-order valence-electron chi connectivity index (χ4n) is 3.98. The second-order valence-electron chi connectivity index (χ2n) is 6.87. The highest BCUT2D eigenvalue weighted by Gasteiger charge is 2.35. The van der Waals surface area contributed by atoms with Gasteiger partial charge in [0.05, 0.1) is 13.7 Å². The lowest BCUT2D eigenvalue weighted by Crippen LogP contribution is -2.40. The van der Waals surface area contributed by atoms with Gasteiger partial charge in [0, 0.05) is 25.2 Å². The Hall–Kier alpha value is -1.91. The van der Waals surface area contributed by atoms with E-state index in [1.807, 2.05) is 6.07 Å². The molecule has 2 aliphatic rings. The first kappa shape index (κ1) is 16.9. The molecule has 24 heavy (non-hydrogen) atoms. The number of nitrogens with one attached hydrogen (secondary N) is 1. The summed E-state index contributed by atoms with van der Waals surface area (Å²) in [6.45, 7) is 5.63. The summed E-state index contributed by atoms with van der Waals surface area (Å²) in [7, 11) is 1.63. The predicted molar refractivity (Wildman–Crippen MR) is 96.5 cm³/mol. The van der Waals surface area contributed by atoms with Gasteiger partial charge in [-0.3, -0.25) is 0 Å². The molecule has 2 N–H and O–H groups in total. The summed E-state index contributed by atoms with van der Waals surface area (Å²) in [5.74, 6) is 3.63. The number of methoxy groups -OCH3 is 1. The zero-order valence-corrected chi connectivity index (χ0v) is 14.8. The van der Waals surface area contributed by atoms with Gasteiger partial charge in [-0.25, -0.2) is 4.99 Å². The molecule has 1 aromatic carbocycles. The molecule has 5 heteroatoms. The van der Waals surface area contributed by atoms with Crippen LogP contribution in [0.15, 0.2) is 23.2 Å². The number of rotatable bonds is 4. The lowest BCUT2D eigenvalue weighted by atomic mass is 9.82. The molecule has 5 nitrogen and oxygen atoms in total. The largest absolute Gasteiger partial charge is 0.508 e. The first-order valence-electron chi connectivity index (χ1n) is 9.10. The molecule has 0 bridgehead atoms. The third kappa shape index (κ3) is 3.77. The Labute approximate surface area is 144 Å². The van der Waals surface area contributed by atoms with Crippen molar-refractivity contribution in [1.29, 1.82) is 0 Å². The number of ether oxygens (including phenoxy) is 1.